The number of carbonyl (C=O) groups is 1. The lowest BCUT2D eigenvalue weighted by Crippen LogP contribution is -2.20. The molecule has 0 aliphatic rings. The van der Waals surface area contributed by atoms with Gasteiger partial charge in [-0.25, -0.2) is 0 Å². The predicted molar refractivity (Wildman–Crippen MR) is 40.4 cm³/mol. The Balaban J connectivity index is 3.86. The number of esters is 1. The second-order valence-corrected chi connectivity index (χ2v) is 3.12. The zero-order valence-electron chi connectivity index (χ0n) is 6.97. The van der Waals surface area contributed by atoms with E-state index in [4.69, 9.17) is 4.74 Å². The molecular formula is C8H14O2. The summed E-state index contributed by atoms with van der Waals surface area (Å²) in [6.07, 6.45) is 3.08. The van der Waals surface area contributed by atoms with Crippen LogP contribution >= 0.6 is 0 Å². The van der Waals surface area contributed by atoms with Crippen molar-refractivity contribution in [1.82, 2.24) is 0 Å². The summed E-state index contributed by atoms with van der Waals surface area (Å²) in [5.41, 5.74) is -0.403. The van der Waals surface area contributed by atoms with Gasteiger partial charge in [0.1, 0.15) is 0 Å². The first-order chi connectivity index (χ1) is 4.48. The molecule has 10 heavy (non-hydrogen) atoms. The van der Waals surface area contributed by atoms with Crippen molar-refractivity contribution in [2.24, 2.45) is 5.41 Å². The van der Waals surface area contributed by atoms with Crippen LogP contribution in [0.15, 0.2) is 12.3 Å². The molecule has 0 unspecified atom stereocenters. The fourth-order valence-corrected chi connectivity index (χ4v) is 0.307. The minimum absolute atomic E-state index is 0.203. The molecule has 0 bridgehead atoms. The average Bonchev–Trinajstić information content (AvgIpc) is 1.80. The fourth-order valence-electron chi connectivity index (χ4n) is 0.307. The summed E-state index contributed by atoms with van der Waals surface area (Å²) in [5, 5.41) is 0. The van der Waals surface area contributed by atoms with Gasteiger partial charge in [0.25, 0.3) is 0 Å². The maximum atomic E-state index is 11.0. The molecule has 0 saturated heterocycles. The molecule has 0 heterocycles. The van der Waals surface area contributed by atoms with Crippen LogP contribution in [0.4, 0.5) is 0 Å². The van der Waals surface area contributed by atoms with Gasteiger partial charge in [-0.3, -0.25) is 4.79 Å². The fraction of sp³-hybridized carbons (Fsp3) is 0.625. The van der Waals surface area contributed by atoms with Crippen LogP contribution < -0.4 is 0 Å². The van der Waals surface area contributed by atoms with E-state index in [1.165, 1.54) is 6.26 Å². The highest BCUT2D eigenvalue weighted by molar-refractivity contribution is 5.75. The number of hydrogen-bond donors (Lipinski definition) is 0. The minimum atomic E-state index is -0.403. The third-order valence-corrected chi connectivity index (χ3v) is 0.924. The van der Waals surface area contributed by atoms with Crippen LogP contribution in [0.2, 0.25) is 0 Å². The highest BCUT2D eigenvalue weighted by Gasteiger charge is 2.21. The Morgan fingerprint density at radius 2 is 1.90 bits per heavy atom. The van der Waals surface area contributed by atoms with Gasteiger partial charge in [0, 0.05) is 0 Å². The molecule has 0 aromatic heterocycles. The molecular weight excluding hydrogens is 128 g/mol. The van der Waals surface area contributed by atoms with Crippen molar-refractivity contribution in [1.29, 1.82) is 0 Å². The Morgan fingerprint density at radius 1 is 1.40 bits per heavy atom. The zero-order valence-corrected chi connectivity index (χ0v) is 6.97. The van der Waals surface area contributed by atoms with Crippen LogP contribution in [0.5, 0.6) is 0 Å². The summed E-state index contributed by atoms with van der Waals surface area (Å²) >= 11 is 0. The lowest BCUT2D eigenvalue weighted by atomic mass is 9.98. The summed E-state index contributed by atoms with van der Waals surface area (Å²) in [5.74, 6) is -0.203. The summed E-state index contributed by atoms with van der Waals surface area (Å²) in [6.45, 7) is 7.26. The number of rotatable bonds is 1. The van der Waals surface area contributed by atoms with Crippen LogP contribution in [-0.4, -0.2) is 5.97 Å². The number of hydrogen-bond acceptors (Lipinski definition) is 2. The van der Waals surface area contributed by atoms with Crippen molar-refractivity contribution in [3.05, 3.63) is 12.3 Å². The molecule has 0 rings (SSSR count). The first-order valence-corrected chi connectivity index (χ1v) is 3.30. The summed E-state index contributed by atoms with van der Waals surface area (Å²) < 4.78 is 4.74. The van der Waals surface area contributed by atoms with E-state index in [1.807, 2.05) is 20.8 Å². The van der Waals surface area contributed by atoms with Gasteiger partial charge in [0.2, 0.25) is 0 Å². The van der Waals surface area contributed by atoms with E-state index in [0.717, 1.165) is 0 Å². The van der Waals surface area contributed by atoms with E-state index in [-0.39, 0.29) is 5.97 Å². The Kier molecular flexibility index (Phi) is 3.13. The third-order valence-electron chi connectivity index (χ3n) is 0.924. The van der Waals surface area contributed by atoms with Crippen LogP contribution in [-0.2, 0) is 9.53 Å². The first kappa shape index (κ1) is 9.21. The molecule has 0 atom stereocenters. The van der Waals surface area contributed by atoms with Crippen molar-refractivity contribution >= 4 is 5.97 Å². The molecule has 0 spiro atoms. The molecule has 0 radical (unpaired) electrons. The molecule has 0 aliphatic carbocycles. The van der Waals surface area contributed by atoms with Gasteiger partial charge in [-0.2, -0.15) is 0 Å². The maximum absolute atomic E-state index is 11.0. The highest BCUT2D eigenvalue weighted by Crippen LogP contribution is 2.14. The normalized spacial score (nSPS) is 12.0. The Morgan fingerprint density at radius 3 is 2.20 bits per heavy atom. The topological polar surface area (TPSA) is 26.3 Å². The van der Waals surface area contributed by atoms with E-state index in [0.29, 0.717) is 0 Å². The van der Waals surface area contributed by atoms with Gasteiger partial charge in [-0.1, -0.05) is 6.08 Å². The van der Waals surface area contributed by atoms with E-state index < -0.39 is 5.41 Å². The van der Waals surface area contributed by atoms with Gasteiger partial charge in [0.05, 0.1) is 11.7 Å². The van der Waals surface area contributed by atoms with Crippen LogP contribution in [0.1, 0.15) is 27.7 Å². The summed E-state index contributed by atoms with van der Waals surface area (Å²) in [7, 11) is 0. The summed E-state index contributed by atoms with van der Waals surface area (Å²) in [4.78, 5) is 11.0. The molecule has 0 aromatic rings. The molecule has 2 heteroatoms. The van der Waals surface area contributed by atoms with Crippen LogP contribution in [0.25, 0.3) is 0 Å². The lowest BCUT2D eigenvalue weighted by Gasteiger charge is -2.13. The quantitative estimate of drug-likeness (QED) is 0.414. The van der Waals surface area contributed by atoms with E-state index in [9.17, 15) is 4.79 Å². The van der Waals surface area contributed by atoms with Crippen molar-refractivity contribution in [2.45, 2.75) is 27.7 Å². The molecule has 0 fully saturated rings. The van der Waals surface area contributed by atoms with E-state index in [2.05, 4.69) is 0 Å². The van der Waals surface area contributed by atoms with Gasteiger partial charge in [0.15, 0.2) is 0 Å². The average molecular weight is 142 g/mol. The maximum Gasteiger partial charge on any atom is 0.316 e. The van der Waals surface area contributed by atoms with Crippen molar-refractivity contribution < 1.29 is 9.53 Å². The zero-order chi connectivity index (χ0) is 8.20. The van der Waals surface area contributed by atoms with E-state index in [1.54, 1.807) is 13.0 Å². The van der Waals surface area contributed by atoms with Gasteiger partial charge in [-0.05, 0) is 27.7 Å². The Bertz CT molecular complexity index is 140. The molecule has 0 aromatic carbocycles. The van der Waals surface area contributed by atoms with Gasteiger partial charge < -0.3 is 4.74 Å². The first-order valence-electron chi connectivity index (χ1n) is 3.30. The second-order valence-electron chi connectivity index (χ2n) is 3.12. The number of allylic oxidation sites excluding steroid dienone is 1. The van der Waals surface area contributed by atoms with Gasteiger partial charge in [-0.15, -0.1) is 0 Å². The van der Waals surface area contributed by atoms with Gasteiger partial charge >= 0.3 is 5.97 Å². The third kappa shape index (κ3) is 3.28. The monoisotopic (exact) mass is 142 g/mol. The largest absolute Gasteiger partial charge is 0.434 e. The predicted octanol–water partition coefficient (Wildman–Crippen LogP) is 2.11. The highest BCUT2D eigenvalue weighted by atomic mass is 16.5. The lowest BCUT2D eigenvalue weighted by molar-refractivity contribution is -0.146. The van der Waals surface area contributed by atoms with Crippen LogP contribution in [0.3, 0.4) is 0 Å². The summed E-state index contributed by atoms with van der Waals surface area (Å²) in [6, 6.07) is 0. The SMILES string of the molecule is C/C=C/OC(=O)C(C)(C)C. The Labute approximate surface area is 61.9 Å². The van der Waals surface area contributed by atoms with E-state index >= 15 is 0 Å². The molecule has 0 N–H and O–H groups in total. The van der Waals surface area contributed by atoms with Crippen molar-refractivity contribution in [3.8, 4) is 0 Å². The second kappa shape index (κ2) is 3.40. The molecule has 0 amide bonds. The smallest absolute Gasteiger partial charge is 0.316 e. The molecule has 2 nitrogen and oxygen atoms in total. The molecule has 58 valence electrons. The number of carbonyl (C=O) groups excluding carboxylic acids is 1. The standard InChI is InChI=1S/C8H14O2/c1-5-6-10-7(9)8(2,3)4/h5-6H,1-4H3/b6-5+. The molecule has 0 aliphatic heterocycles. The van der Waals surface area contributed by atoms with Crippen molar-refractivity contribution in [3.63, 3.8) is 0 Å². The van der Waals surface area contributed by atoms with Crippen molar-refractivity contribution in [2.75, 3.05) is 0 Å². The Hall–Kier alpha value is -0.790. The number of ether oxygens (including phenoxy) is 1. The molecule has 0 saturated carbocycles. The minimum Gasteiger partial charge on any atom is -0.434 e. The van der Waals surface area contributed by atoms with Crippen LogP contribution in [0, 0.1) is 5.41 Å².